The molecule has 2 aromatic rings. The second kappa shape index (κ2) is 5.68. The van der Waals surface area contributed by atoms with Crippen molar-refractivity contribution in [1.29, 1.82) is 0 Å². The Morgan fingerprint density at radius 2 is 1.92 bits per heavy atom. The summed E-state index contributed by atoms with van der Waals surface area (Å²) in [4.78, 5) is 25.4. The van der Waals surface area contributed by atoms with Crippen molar-refractivity contribution in [3.63, 3.8) is 0 Å². The number of carboxylic acid groups (broad SMARTS) is 1. The molecule has 1 atom stereocenters. The number of nitrogens with zero attached hydrogens (tertiary/aromatic N) is 3. The molecule has 1 unspecified atom stereocenters. The normalized spacial score (nSPS) is 21.3. The molecule has 1 aliphatic heterocycles. The molecule has 25 heavy (non-hydrogen) atoms. The third-order valence-corrected chi connectivity index (χ3v) is 5.44. The fourth-order valence-corrected chi connectivity index (χ4v) is 3.78. The van der Waals surface area contributed by atoms with Crippen molar-refractivity contribution in [2.24, 2.45) is 11.3 Å². The lowest BCUT2D eigenvalue weighted by Gasteiger charge is -2.32. The molecule has 4 rings (SSSR count). The zero-order chi connectivity index (χ0) is 17.6. The Kier molecular flexibility index (Phi) is 3.59. The van der Waals surface area contributed by atoms with Gasteiger partial charge in [-0.1, -0.05) is 12.1 Å². The Labute approximate surface area is 143 Å². The van der Waals surface area contributed by atoms with Crippen LogP contribution in [0, 0.1) is 17.2 Å². The second-order valence-electron chi connectivity index (χ2n) is 6.85. The number of rotatable bonds is 3. The van der Waals surface area contributed by atoms with E-state index < -0.39 is 11.8 Å². The maximum absolute atomic E-state index is 13.8. The molecule has 1 spiro atoms. The maximum Gasteiger partial charge on any atom is 0.307 e. The first-order valence-electron chi connectivity index (χ1n) is 8.33. The Hall–Kier alpha value is -2.70. The highest BCUT2D eigenvalue weighted by Crippen LogP contribution is 2.59. The summed E-state index contributed by atoms with van der Waals surface area (Å²) in [6, 6.07) is 7.83. The molecule has 6 nitrogen and oxygen atoms in total. The lowest BCUT2D eigenvalue weighted by molar-refractivity contribution is -0.139. The highest BCUT2D eigenvalue weighted by molar-refractivity contribution is 5.92. The minimum atomic E-state index is -0.733. The van der Waals surface area contributed by atoms with E-state index in [0.29, 0.717) is 38.0 Å². The highest BCUT2D eigenvalue weighted by Gasteiger charge is 2.59. The zero-order valence-corrected chi connectivity index (χ0v) is 13.6. The molecule has 1 aromatic carbocycles. The number of aliphatic carboxylic acids is 1. The number of hydrogen-bond donors (Lipinski definition) is 1. The predicted molar refractivity (Wildman–Crippen MR) is 86.8 cm³/mol. The highest BCUT2D eigenvalue weighted by atomic mass is 19.1. The fourth-order valence-electron chi connectivity index (χ4n) is 3.78. The summed E-state index contributed by atoms with van der Waals surface area (Å²) in [6.07, 6.45) is 3.71. The van der Waals surface area contributed by atoms with Gasteiger partial charge in [0, 0.05) is 19.3 Å². The van der Waals surface area contributed by atoms with Crippen LogP contribution in [0.25, 0.3) is 5.69 Å². The average Bonchev–Trinajstić information content (AvgIpc) is 3.09. The molecule has 0 radical (unpaired) electrons. The molecule has 0 bridgehead atoms. The number of carbonyl (C=O) groups excluding carboxylic acids is 1. The van der Waals surface area contributed by atoms with E-state index in [1.165, 1.54) is 10.7 Å². The third kappa shape index (κ3) is 2.69. The first-order chi connectivity index (χ1) is 12.0. The lowest BCUT2D eigenvalue weighted by Crippen LogP contribution is -2.40. The van der Waals surface area contributed by atoms with Crippen LogP contribution in [-0.2, 0) is 4.79 Å². The van der Waals surface area contributed by atoms with Crippen LogP contribution in [0.2, 0.25) is 0 Å². The van der Waals surface area contributed by atoms with Gasteiger partial charge in [-0.25, -0.2) is 9.07 Å². The smallest absolute Gasteiger partial charge is 0.307 e. The molecule has 1 amide bonds. The van der Waals surface area contributed by atoms with Gasteiger partial charge in [0.15, 0.2) is 5.69 Å². The van der Waals surface area contributed by atoms with Gasteiger partial charge >= 0.3 is 5.97 Å². The number of piperidine rings is 1. The van der Waals surface area contributed by atoms with Crippen LogP contribution in [0.3, 0.4) is 0 Å². The molecule has 1 aliphatic carbocycles. The Morgan fingerprint density at radius 1 is 1.20 bits per heavy atom. The van der Waals surface area contributed by atoms with Gasteiger partial charge in [-0.05, 0) is 42.9 Å². The van der Waals surface area contributed by atoms with Crippen LogP contribution in [-0.4, -0.2) is 44.8 Å². The van der Waals surface area contributed by atoms with Crippen molar-refractivity contribution in [1.82, 2.24) is 14.7 Å². The summed E-state index contributed by atoms with van der Waals surface area (Å²) >= 11 is 0. The number of aromatic nitrogens is 2. The molecular formula is C18H18FN3O3. The molecule has 1 aromatic heterocycles. The Morgan fingerprint density at radius 3 is 2.56 bits per heavy atom. The fraction of sp³-hybridized carbons (Fsp3) is 0.389. The number of carbonyl (C=O) groups is 2. The zero-order valence-electron chi connectivity index (χ0n) is 13.6. The van der Waals surface area contributed by atoms with E-state index in [1.54, 1.807) is 35.4 Å². The van der Waals surface area contributed by atoms with E-state index in [-0.39, 0.29) is 22.9 Å². The van der Waals surface area contributed by atoms with Gasteiger partial charge in [-0.15, -0.1) is 0 Å². The first kappa shape index (κ1) is 15.8. The minimum Gasteiger partial charge on any atom is -0.481 e. The number of amides is 1. The number of hydrogen-bond acceptors (Lipinski definition) is 3. The summed E-state index contributed by atoms with van der Waals surface area (Å²) in [5.74, 6) is -1.59. The average molecular weight is 343 g/mol. The molecule has 130 valence electrons. The van der Waals surface area contributed by atoms with Gasteiger partial charge in [0.1, 0.15) is 11.5 Å². The van der Waals surface area contributed by atoms with Crippen LogP contribution in [0.1, 0.15) is 29.8 Å². The van der Waals surface area contributed by atoms with Crippen LogP contribution >= 0.6 is 0 Å². The second-order valence-corrected chi connectivity index (χ2v) is 6.85. The number of carboxylic acids is 1. The van der Waals surface area contributed by atoms with Gasteiger partial charge < -0.3 is 10.0 Å². The van der Waals surface area contributed by atoms with Crippen molar-refractivity contribution in [2.75, 3.05) is 13.1 Å². The van der Waals surface area contributed by atoms with Crippen molar-refractivity contribution in [3.8, 4) is 5.69 Å². The SMILES string of the molecule is O=C(O)C1CC12CCN(C(=O)c1ccn(-c3ccccc3F)n1)CC2. The maximum atomic E-state index is 13.8. The van der Waals surface area contributed by atoms with Gasteiger partial charge in [-0.3, -0.25) is 9.59 Å². The van der Waals surface area contributed by atoms with E-state index in [9.17, 15) is 14.0 Å². The van der Waals surface area contributed by atoms with Gasteiger partial charge in [0.2, 0.25) is 0 Å². The number of halogens is 1. The predicted octanol–water partition coefficient (Wildman–Crippen LogP) is 2.34. The Balaban J connectivity index is 1.45. The quantitative estimate of drug-likeness (QED) is 0.928. The van der Waals surface area contributed by atoms with Crippen molar-refractivity contribution < 1.29 is 19.1 Å². The number of para-hydroxylation sites is 1. The monoisotopic (exact) mass is 343 g/mol. The van der Waals surface area contributed by atoms with Crippen LogP contribution < -0.4 is 0 Å². The molecule has 1 saturated heterocycles. The van der Waals surface area contributed by atoms with Gasteiger partial charge in [-0.2, -0.15) is 5.10 Å². The third-order valence-electron chi connectivity index (χ3n) is 5.44. The van der Waals surface area contributed by atoms with E-state index in [1.807, 2.05) is 0 Å². The summed E-state index contributed by atoms with van der Waals surface area (Å²) in [6.45, 7) is 1.07. The number of benzene rings is 1. The number of likely N-dealkylation sites (tertiary alicyclic amines) is 1. The van der Waals surface area contributed by atoms with Crippen LogP contribution in [0.5, 0.6) is 0 Å². The van der Waals surface area contributed by atoms with E-state index in [0.717, 1.165) is 0 Å². The summed E-state index contributed by atoms with van der Waals surface area (Å²) in [5.41, 5.74) is 0.445. The topological polar surface area (TPSA) is 75.4 Å². The molecule has 2 aliphatic rings. The standard InChI is InChI=1S/C18H18FN3O3/c19-13-3-1-2-4-15(13)22-8-5-14(20-22)16(23)21-9-6-18(7-10-21)11-12(18)17(24)25/h1-5,8,12H,6-7,9-11H2,(H,24,25). The summed E-state index contributed by atoms with van der Waals surface area (Å²) in [7, 11) is 0. The molecule has 2 heterocycles. The van der Waals surface area contributed by atoms with Crippen LogP contribution in [0.4, 0.5) is 4.39 Å². The summed E-state index contributed by atoms with van der Waals surface area (Å²) < 4.78 is 15.2. The van der Waals surface area contributed by atoms with Gasteiger partial charge in [0.05, 0.1) is 5.92 Å². The van der Waals surface area contributed by atoms with E-state index in [2.05, 4.69) is 5.10 Å². The van der Waals surface area contributed by atoms with E-state index in [4.69, 9.17) is 5.11 Å². The summed E-state index contributed by atoms with van der Waals surface area (Å²) in [5, 5.41) is 13.3. The van der Waals surface area contributed by atoms with Gasteiger partial charge in [0.25, 0.3) is 5.91 Å². The van der Waals surface area contributed by atoms with Crippen LogP contribution in [0.15, 0.2) is 36.5 Å². The largest absolute Gasteiger partial charge is 0.481 e. The molecule has 1 N–H and O–H groups in total. The van der Waals surface area contributed by atoms with Crippen molar-refractivity contribution in [3.05, 3.63) is 48.0 Å². The Bertz CT molecular complexity index is 840. The lowest BCUT2D eigenvalue weighted by atomic mass is 9.90. The molecule has 1 saturated carbocycles. The van der Waals surface area contributed by atoms with E-state index >= 15 is 0 Å². The molecule has 2 fully saturated rings. The van der Waals surface area contributed by atoms with Crippen molar-refractivity contribution >= 4 is 11.9 Å². The molecule has 7 heteroatoms. The molecular weight excluding hydrogens is 325 g/mol. The van der Waals surface area contributed by atoms with Crippen molar-refractivity contribution in [2.45, 2.75) is 19.3 Å². The first-order valence-corrected chi connectivity index (χ1v) is 8.33. The minimum absolute atomic E-state index is 0.116.